The molecule has 8 heteroatoms. The van der Waals surface area contributed by atoms with Gasteiger partial charge in [-0.05, 0) is 30.9 Å². The number of hydrogen-bond acceptors (Lipinski definition) is 4. The molecule has 0 fully saturated rings. The van der Waals surface area contributed by atoms with Crippen molar-refractivity contribution in [1.82, 2.24) is 9.71 Å². The lowest BCUT2D eigenvalue weighted by atomic mass is 9.97. The number of carbonyl (C=O) groups is 1. The van der Waals surface area contributed by atoms with Gasteiger partial charge in [0.25, 0.3) is 10.0 Å². The van der Waals surface area contributed by atoms with Crippen molar-refractivity contribution in [2.75, 3.05) is 6.54 Å². The fraction of sp³-hybridized carbons (Fsp3) is 0.538. The predicted octanol–water partition coefficient (Wildman–Crippen LogP) is 1.78. The van der Waals surface area contributed by atoms with Gasteiger partial charge in [0.1, 0.15) is 0 Å². The number of sulfonamides is 1. The minimum absolute atomic E-state index is 0.0557. The van der Waals surface area contributed by atoms with Crippen molar-refractivity contribution in [1.29, 1.82) is 0 Å². The molecule has 0 aliphatic carbocycles. The molecule has 0 amide bonds. The number of pyridine rings is 1. The van der Waals surface area contributed by atoms with Crippen LogP contribution in [-0.2, 0) is 14.8 Å². The van der Waals surface area contributed by atoms with E-state index in [9.17, 15) is 17.6 Å². The van der Waals surface area contributed by atoms with Crippen molar-refractivity contribution in [2.24, 2.45) is 5.92 Å². The Morgan fingerprint density at radius 3 is 2.76 bits per heavy atom. The van der Waals surface area contributed by atoms with E-state index in [1.807, 2.05) is 6.92 Å². The van der Waals surface area contributed by atoms with E-state index in [0.29, 0.717) is 12.8 Å². The SMILES string of the molecule is CCC(CCNS(=O)(=O)c1ncccc1F)CCC(=O)O. The maximum atomic E-state index is 13.4. The summed E-state index contributed by atoms with van der Waals surface area (Å²) in [5, 5.41) is 8.01. The topological polar surface area (TPSA) is 96.4 Å². The summed E-state index contributed by atoms with van der Waals surface area (Å²) >= 11 is 0. The fourth-order valence-electron chi connectivity index (χ4n) is 1.91. The van der Waals surface area contributed by atoms with E-state index in [4.69, 9.17) is 5.11 Å². The first-order chi connectivity index (χ1) is 9.86. The van der Waals surface area contributed by atoms with Crippen LogP contribution in [0.3, 0.4) is 0 Å². The number of aromatic nitrogens is 1. The highest BCUT2D eigenvalue weighted by atomic mass is 32.2. The number of nitrogens with zero attached hydrogens (tertiary/aromatic N) is 1. The Labute approximate surface area is 123 Å². The molecule has 0 aliphatic rings. The van der Waals surface area contributed by atoms with Gasteiger partial charge in [-0.2, -0.15) is 0 Å². The molecule has 6 nitrogen and oxygen atoms in total. The van der Waals surface area contributed by atoms with Crippen LogP contribution in [0.15, 0.2) is 23.4 Å². The van der Waals surface area contributed by atoms with Crippen molar-refractivity contribution < 1.29 is 22.7 Å². The first-order valence-electron chi connectivity index (χ1n) is 6.68. The van der Waals surface area contributed by atoms with Gasteiger partial charge in [-0.15, -0.1) is 0 Å². The normalized spacial score (nSPS) is 13.0. The minimum Gasteiger partial charge on any atom is -0.481 e. The summed E-state index contributed by atoms with van der Waals surface area (Å²) in [4.78, 5) is 14.0. The zero-order valence-corrected chi connectivity index (χ0v) is 12.6. The Morgan fingerprint density at radius 2 is 2.19 bits per heavy atom. The third kappa shape index (κ3) is 5.76. The summed E-state index contributed by atoms with van der Waals surface area (Å²) in [6, 6.07) is 2.34. The molecular weight excluding hydrogens is 299 g/mol. The molecule has 1 rings (SSSR count). The maximum Gasteiger partial charge on any atom is 0.303 e. The number of aliphatic carboxylic acids is 1. The number of carboxylic acids is 1. The molecule has 0 saturated heterocycles. The molecule has 1 aromatic heterocycles. The number of carboxylic acid groups (broad SMARTS) is 1. The van der Waals surface area contributed by atoms with Gasteiger partial charge < -0.3 is 5.11 Å². The molecule has 0 radical (unpaired) electrons. The second-order valence-electron chi connectivity index (χ2n) is 4.68. The summed E-state index contributed by atoms with van der Waals surface area (Å²) in [6.07, 6.45) is 3.01. The average molecular weight is 318 g/mol. The van der Waals surface area contributed by atoms with Crippen LogP contribution >= 0.6 is 0 Å². The van der Waals surface area contributed by atoms with Crippen LogP contribution in [-0.4, -0.2) is 31.0 Å². The Balaban J connectivity index is 2.54. The monoisotopic (exact) mass is 318 g/mol. The van der Waals surface area contributed by atoms with E-state index < -0.39 is 26.8 Å². The molecule has 0 bridgehead atoms. The van der Waals surface area contributed by atoms with E-state index in [0.717, 1.165) is 12.5 Å². The van der Waals surface area contributed by atoms with Crippen LogP contribution in [0.2, 0.25) is 0 Å². The second kappa shape index (κ2) is 8.04. The smallest absolute Gasteiger partial charge is 0.303 e. The van der Waals surface area contributed by atoms with Crippen molar-refractivity contribution >= 4 is 16.0 Å². The van der Waals surface area contributed by atoms with Crippen molar-refractivity contribution in [2.45, 2.75) is 37.6 Å². The highest BCUT2D eigenvalue weighted by molar-refractivity contribution is 7.89. The first-order valence-corrected chi connectivity index (χ1v) is 8.17. The third-order valence-electron chi connectivity index (χ3n) is 3.17. The van der Waals surface area contributed by atoms with Gasteiger partial charge in [-0.3, -0.25) is 4.79 Å². The van der Waals surface area contributed by atoms with Gasteiger partial charge >= 0.3 is 5.97 Å². The fourth-order valence-corrected chi connectivity index (χ4v) is 2.96. The summed E-state index contributed by atoms with van der Waals surface area (Å²) in [7, 11) is -3.98. The van der Waals surface area contributed by atoms with Crippen LogP contribution in [0, 0.1) is 11.7 Å². The lowest BCUT2D eigenvalue weighted by molar-refractivity contribution is -0.137. The van der Waals surface area contributed by atoms with Gasteiger partial charge in [0.2, 0.25) is 5.03 Å². The van der Waals surface area contributed by atoms with Crippen LogP contribution in [0.25, 0.3) is 0 Å². The average Bonchev–Trinajstić information content (AvgIpc) is 2.42. The highest BCUT2D eigenvalue weighted by Gasteiger charge is 2.20. The number of nitrogens with one attached hydrogen (secondary N) is 1. The molecule has 0 saturated carbocycles. The zero-order chi connectivity index (χ0) is 15.9. The predicted molar refractivity (Wildman–Crippen MR) is 74.7 cm³/mol. The quantitative estimate of drug-likeness (QED) is 0.723. The second-order valence-corrected chi connectivity index (χ2v) is 6.37. The summed E-state index contributed by atoms with van der Waals surface area (Å²) in [6.45, 7) is 2.04. The highest BCUT2D eigenvalue weighted by Crippen LogP contribution is 2.16. The van der Waals surface area contributed by atoms with E-state index >= 15 is 0 Å². The lowest BCUT2D eigenvalue weighted by Gasteiger charge is -2.14. The summed E-state index contributed by atoms with van der Waals surface area (Å²) < 4.78 is 39.5. The van der Waals surface area contributed by atoms with Crippen LogP contribution in [0.1, 0.15) is 32.6 Å². The van der Waals surface area contributed by atoms with Crippen molar-refractivity contribution in [3.05, 3.63) is 24.1 Å². The Bertz CT molecular complexity index is 577. The van der Waals surface area contributed by atoms with Crippen LogP contribution < -0.4 is 4.72 Å². The molecule has 2 N–H and O–H groups in total. The van der Waals surface area contributed by atoms with Gasteiger partial charge in [-0.1, -0.05) is 13.3 Å². The third-order valence-corrected chi connectivity index (χ3v) is 4.56. The number of rotatable bonds is 9. The molecule has 118 valence electrons. The molecule has 0 spiro atoms. The van der Waals surface area contributed by atoms with Gasteiger partial charge in [0.05, 0.1) is 0 Å². The Hall–Kier alpha value is -1.54. The molecular formula is C13H19FN2O4S. The van der Waals surface area contributed by atoms with Gasteiger partial charge in [0, 0.05) is 19.2 Å². The summed E-state index contributed by atoms with van der Waals surface area (Å²) in [5.41, 5.74) is 0. The van der Waals surface area contributed by atoms with E-state index in [1.54, 1.807) is 0 Å². The van der Waals surface area contributed by atoms with Crippen LogP contribution in [0.4, 0.5) is 4.39 Å². The Kier molecular flexibility index (Phi) is 6.70. The molecule has 0 aliphatic heterocycles. The molecule has 1 atom stereocenters. The maximum absolute atomic E-state index is 13.4. The van der Waals surface area contributed by atoms with Gasteiger partial charge in [-0.25, -0.2) is 22.5 Å². The number of halogens is 1. The molecule has 0 aromatic carbocycles. The first kappa shape index (κ1) is 17.5. The zero-order valence-electron chi connectivity index (χ0n) is 11.8. The van der Waals surface area contributed by atoms with Crippen molar-refractivity contribution in [3.63, 3.8) is 0 Å². The number of hydrogen-bond donors (Lipinski definition) is 2. The van der Waals surface area contributed by atoms with Gasteiger partial charge in [0.15, 0.2) is 5.82 Å². The molecule has 1 heterocycles. The minimum atomic E-state index is -3.98. The largest absolute Gasteiger partial charge is 0.481 e. The standard InChI is InChI=1S/C13H19FN2O4S/c1-2-10(5-6-12(17)18)7-9-16-21(19,20)13-11(14)4-3-8-15-13/h3-4,8,10,16H,2,5-7,9H2,1H3,(H,17,18). The lowest BCUT2D eigenvalue weighted by Crippen LogP contribution is -2.27. The van der Waals surface area contributed by atoms with Crippen LogP contribution in [0.5, 0.6) is 0 Å². The Morgan fingerprint density at radius 1 is 1.48 bits per heavy atom. The molecule has 1 aromatic rings. The van der Waals surface area contributed by atoms with Crippen molar-refractivity contribution in [3.8, 4) is 0 Å². The van der Waals surface area contributed by atoms with E-state index in [2.05, 4.69) is 9.71 Å². The molecule has 21 heavy (non-hydrogen) atoms. The van der Waals surface area contributed by atoms with E-state index in [-0.39, 0.29) is 18.9 Å². The van der Waals surface area contributed by atoms with E-state index in [1.165, 1.54) is 12.3 Å². The summed E-state index contributed by atoms with van der Waals surface area (Å²) in [5.74, 6) is -1.66. The molecule has 1 unspecified atom stereocenters.